The summed E-state index contributed by atoms with van der Waals surface area (Å²) in [5, 5.41) is 11.5. The van der Waals surface area contributed by atoms with E-state index in [4.69, 9.17) is 9.52 Å². The number of amides is 2. The number of carboxylic acid groups (broad SMARTS) is 1. The van der Waals surface area contributed by atoms with Crippen molar-refractivity contribution in [1.29, 1.82) is 0 Å². The van der Waals surface area contributed by atoms with E-state index in [0.29, 0.717) is 31.7 Å². The van der Waals surface area contributed by atoms with Gasteiger partial charge in [0.15, 0.2) is 0 Å². The third-order valence-electron chi connectivity index (χ3n) is 2.77. The van der Waals surface area contributed by atoms with Gasteiger partial charge in [-0.1, -0.05) is 13.3 Å². The SMILES string of the molecule is CCCC(NC(=O)N(CC)Cc1ccco1)C(=O)O. The van der Waals surface area contributed by atoms with E-state index in [1.165, 1.54) is 11.2 Å². The molecule has 106 valence electrons. The van der Waals surface area contributed by atoms with Gasteiger partial charge in [0.05, 0.1) is 12.8 Å². The lowest BCUT2D eigenvalue weighted by Gasteiger charge is -2.23. The van der Waals surface area contributed by atoms with Gasteiger partial charge in [0.1, 0.15) is 11.8 Å². The number of hydrogen-bond donors (Lipinski definition) is 2. The number of aliphatic carboxylic acids is 1. The highest BCUT2D eigenvalue weighted by molar-refractivity contribution is 5.82. The predicted octanol–water partition coefficient (Wildman–Crippen LogP) is 2.06. The molecule has 0 fully saturated rings. The van der Waals surface area contributed by atoms with Crippen LogP contribution in [0.2, 0.25) is 0 Å². The molecule has 1 heterocycles. The number of carboxylic acids is 1. The summed E-state index contributed by atoms with van der Waals surface area (Å²) in [6.07, 6.45) is 2.65. The van der Waals surface area contributed by atoms with Gasteiger partial charge >= 0.3 is 12.0 Å². The van der Waals surface area contributed by atoms with E-state index >= 15 is 0 Å². The molecule has 6 nitrogen and oxygen atoms in total. The number of hydrogen-bond acceptors (Lipinski definition) is 3. The Hall–Kier alpha value is -1.98. The molecule has 0 saturated heterocycles. The second-order valence-electron chi connectivity index (χ2n) is 4.22. The van der Waals surface area contributed by atoms with Crippen LogP contribution in [0.1, 0.15) is 32.4 Å². The molecule has 0 aromatic carbocycles. The van der Waals surface area contributed by atoms with Crippen LogP contribution in [0.5, 0.6) is 0 Å². The Bertz CT molecular complexity index is 403. The maximum Gasteiger partial charge on any atom is 0.326 e. The van der Waals surface area contributed by atoms with E-state index in [1.54, 1.807) is 12.1 Å². The van der Waals surface area contributed by atoms with Crippen LogP contribution in [0, 0.1) is 0 Å². The molecule has 0 aliphatic carbocycles. The van der Waals surface area contributed by atoms with Crippen LogP contribution in [0.15, 0.2) is 22.8 Å². The second kappa shape index (κ2) is 7.45. The standard InChI is InChI=1S/C13H20N2O4/c1-3-6-11(12(16)17)14-13(18)15(4-2)9-10-7-5-8-19-10/h5,7-8,11H,3-4,6,9H2,1-2H3,(H,14,18)(H,16,17). The van der Waals surface area contributed by atoms with Gasteiger partial charge in [0.2, 0.25) is 0 Å². The predicted molar refractivity (Wildman–Crippen MR) is 69.7 cm³/mol. The normalized spacial score (nSPS) is 11.9. The van der Waals surface area contributed by atoms with E-state index in [1.807, 2.05) is 13.8 Å². The van der Waals surface area contributed by atoms with Crippen LogP contribution in [0.4, 0.5) is 4.79 Å². The molecule has 0 radical (unpaired) electrons. The van der Waals surface area contributed by atoms with Crippen molar-refractivity contribution in [3.63, 3.8) is 0 Å². The fraction of sp³-hybridized carbons (Fsp3) is 0.538. The molecule has 0 bridgehead atoms. The molecule has 0 spiro atoms. The lowest BCUT2D eigenvalue weighted by Crippen LogP contribution is -2.47. The highest BCUT2D eigenvalue weighted by Crippen LogP contribution is 2.06. The average molecular weight is 268 g/mol. The maximum absolute atomic E-state index is 12.0. The van der Waals surface area contributed by atoms with Crippen molar-refractivity contribution in [3.05, 3.63) is 24.2 Å². The molecule has 19 heavy (non-hydrogen) atoms. The molecule has 1 unspecified atom stereocenters. The van der Waals surface area contributed by atoms with Crippen LogP contribution in [-0.2, 0) is 11.3 Å². The van der Waals surface area contributed by atoms with Crippen LogP contribution in [-0.4, -0.2) is 34.6 Å². The minimum Gasteiger partial charge on any atom is -0.480 e. The van der Waals surface area contributed by atoms with Gasteiger partial charge in [-0.2, -0.15) is 0 Å². The van der Waals surface area contributed by atoms with E-state index < -0.39 is 12.0 Å². The van der Waals surface area contributed by atoms with Crippen LogP contribution in [0.25, 0.3) is 0 Å². The summed E-state index contributed by atoms with van der Waals surface area (Å²) < 4.78 is 5.18. The van der Waals surface area contributed by atoms with E-state index in [-0.39, 0.29) is 6.03 Å². The molecule has 1 aromatic heterocycles. The summed E-state index contributed by atoms with van der Waals surface area (Å²) in [6, 6.07) is 2.29. The van der Waals surface area contributed by atoms with Crippen molar-refractivity contribution in [3.8, 4) is 0 Å². The Kier molecular flexibility index (Phi) is 5.92. The molecule has 0 aliphatic heterocycles. The lowest BCUT2D eigenvalue weighted by molar-refractivity contribution is -0.139. The summed E-state index contributed by atoms with van der Waals surface area (Å²) in [6.45, 7) is 4.51. The van der Waals surface area contributed by atoms with Crippen LogP contribution >= 0.6 is 0 Å². The highest BCUT2D eigenvalue weighted by atomic mass is 16.4. The monoisotopic (exact) mass is 268 g/mol. The number of carbonyl (C=O) groups is 2. The number of nitrogens with zero attached hydrogens (tertiary/aromatic N) is 1. The Morgan fingerprint density at radius 2 is 2.21 bits per heavy atom. The Morgan fingerprint density at radius 1 is 1.47 bits per heavy atom. The van der Waals surface area contributed by atoms with Gasteiger partial charge in [-0.3, -0.25) is 0 Å². The van der Waals surface area contributed by atoms with Gasteiger partial charge in [-0.05, 0) is 25.5 Å². The summed E-state index contributed by atoms with van der Waals surface area (Å²) in [5.74, 6) is -0.344. The van der Waals surface area contributed by atoms with Gasteiger partial charge in [-0.15, -0.1) is 0 Å². The Morgan fingerprint density at radius 3 is 2.68 bits per heavy atom. The summed E-state index contributed by atoms with van der Waals surface area (Å²) in [4.78, 5) is 24.5. The Balaban J connectivity index is 2.59. The highest BCUT2D eigenvalue weighted by Gasteiger charge is 2.22. The molecule has 1 rings (SSSR count). The van der Waals surface area contributed by atoms with E-state index in [0.717, 1.165) is 0 Å². The lowest BCUT2D eigenvalue weighted by atomic mass is 10.2. The fourth-order valence-electron chi connectivity index (χ4n) is 1.70. The van der Waals surface area contributed by atoms with Crippen LogP contribution < -0.4 is 5.32 Å². The zero-order valence-electron chi connectivity index (χ0n) is 11.3. The number of rotatable bonds is 7. The van der Waals surface area contributed by atoms with Crippen LogP contribution in [0.3, 0.4) is 0 Å². The third-order valence-corrected chi connectivity index (χ3v) is 2.77. The molecule has 1 aromatic rings. The van der Waals surface area contributed by atoms with Gasteiger partial charge in [0, 0.05) is 6.54 Å². The Labute approximate surface area is 112 Å². The topological polar surface area (TPSA) is 82.8 Å². The largest absolute Gasteiger partial charge is 0.480 e. The molecule has 0 aliphatic rings. The third kappa shape index (κ3) is 4.65. The van der Waals surface area contributed by atoms with Crippen molar-refractivity contribution in [2.45, 2.75) is 39.3 Å². The van der Waals surface area contributed by atoms with Crippen molar-refractivity contribution in [1.82, 2.24) is 10.2 Å². The number of urea groups is 1. The average Bonchev–Trinajstić information content (AvgIpc) is 2.87. The van der Waals surface area contributed by atoms with Crippen molar-refractivity contribution in [2.75, 3.05) is 6.54 Å². The summed E-state index contributed by atoms with van der Waals surface area (Å²) in [5.41, 5.74) is 0. The van der Waals surface area contributed by atoms with Crippen molar-refractivity contribution >= 4 is 12.0 Å². The van der Waals surface area contributed by atoms with E-state index in [9.17, 15) is 9.59 Å². The quantitative estimate of drug-likeness (QED) is 0.793. The fourth-order valence-corrected chi connectivity index (χ4v) is 1.70. The maximum atomic E-state index is 12.0. The number of carbonyl (C=O) groups excluding carboxylic acids is 1. The van der Waals surface area contributed by atoms with Gasteiger partial charge < -0.3 is 19.7 Å². The van der Waals surface area contributed by atoms with Gasteiger partial charge in [0.25, 0.3) is 0 Å². The summed E-state index contributed by atoms with van der Waals surface area (Å²) in [7, 11) is 0. The minimum atomic E-state index is -1.01. The first-order valence-corrected chi connectivity index (χ1v) is 6.39. The zero-order chi connectivity index (χ0) is 14.3. The first-order chi connectivity index (χ1) is 9.08. The number of furan rings is 1. The first-order valence-electron chi connectivity index (χ1n) is 6.39. The van der Waals surface area contributed by atoms with Crippen molar-refractivity contribution < 1.29 is 19.1 Å². The number of nitrogens with one attached hydrogen (secondary N) is 1. The van der Waals surface area contributed by atoms with Gasteiger partial charge in [-0.25, -0.2) is 9.59 Å². The first kappa shape index (κ1) is 15.1. The zero-order valence-corrected chi connectivity index (χ0v) is 11.3. The molecule has 2 N–H and O–H groups in total. The molecule has 0 saturated carbocycles. The molecule has 1 atom stereocenters. The second-order valence-corrected chi connectivity index (χ2v) is 4.22. The van der Waals surface area contributed by atoms with E-state index in [2.05, 4.69) is 5.32 Å². The smallest absolute Gasteiger partial charge is 0.326 e. The molecule has 6 heteroatoms. The molecular formula is C13H20N2O4. The molecule has 2 amide bonds. The van der Waals surface area contributed by atoms with Crippen molar-refractivity contribution in [2.24, 2.45) is 0 Å². The minimum absolute atomic E-state index is 0.327. The molecular weight excluding hydrogens is 248 g/mol. The summed E-state index contributed by atoms with van der Waals surface area (Å²) >= 11 is 0.